The molecule has 8 nitrogen and oxygen atoms in total. The van der Waals surface area contributed by atoms with Crippen molar-refractivity contribution in [1.29, 1.82) is 0 Å². The molecular weight excluding hydrogens is 396 g/mol. The van der Waals surface area contributed by atoms with Crippen LogP contribution in [0.1, 0.15) is 54.2 Å². The maximum absolute atomic E-state index is 13.1. The number of aromatic nitrogens is 1. The van der Waals surface area contributed by atoms with E-state index in [9.17, 15) is 14.4 Å². The molecular formula is C23H26N4O4. The Bertz CT molecular complexity index is 1040. The molecule has 4 rings (SSSR count). The molecule has 3 amide bonds. The molecule has 0 bridgehead atoms. The van der Waals surface area contributed by atoms with Crippen molar-refractivity contribution in [3.63, 3.8) is 0 Å². The van der Waals surface area contributed by atoms with Gasteiger partial charge in [-0.2, -0.15) is 0 Å². The van der Waals surface area contributed by atoms with Crippen LogP contribution in [0.5, 0.6) is 5.75 Å². The number of nitrogens with one attached hydrogen (secondary N) is 1. The Morgan fingerprint density at radius 2 is 1.97 bits per heavy atom. The maximum atomic E-state index is 13.1. The van der Waals surface area contributed by atoms with E-state index in [1.165, 1.54) is 18.5 Å². The number of likely N-dealkylation sites (tertiary alicyclic amines) is 1. The topological polar surface area (TPSA) is 115 Å². The summed E-state index contributed by atoms with van der Waals surface area (Å²) in [6.45, 7) is 4.61. The van der Waals surface area contributed by atoms with Crippen LogP contribution in [0.25, 0.3) is 0 Å². The van der Waals surface area contributed by atoms with Crippen molar-refractivity contribution >= 4 is 23.4 Å². The molecule has 3 atom stereocenters. The van der Waals surface area contributed by atoms with E-state index in [1.807, 2.05) is 19.1 Å². The van der Waals surface area contributed by atoms with E-state index < -0.39 is 17.7 Å². The number of nitrogens with zero attached hydrogens (tertiary/aromatic N) is 2. The van der Waals surface area contributed by atoms with Crippen molar-refractivity contribution in [2.45, 2.75) is 45.3 Å². The van der Waals surface area contributed by atoms with Gasteiger partial charge in [-0.1, -0.05) is 13.0 Å². The van der Waals surface area contributed by atoms with Gasteiger partial charge in [-0.3, -0.25) is 19.4 Å². The summed E-state index contributed by atoms with van der Waals surface area (Å²) in [5, 5.41) is 2.55. The van der Waals surface area contributed by atoms with Gasteiger partial charge in [0.2, 0.25) is 5.91 Å². The molecule has 0 radical (unpaired) electrons. The van der Waals surface area contributed by atoms with E-state index in [4.69, 9.17) is 10.5 Å². The van der Waals surface area contributed by atoms with Gasteiger partial charge >= 0.3 is 11.8 Å². The van der Waals surface area contributed by atoms with Crippen LogP contribution in [0.3, 0.4) is 0 Å². The fraction of sp³-hybridized carbons (Fsp3) is 0.391. The number of anilines is 1. The molecule has 2 aliphatic rings. The Morgan fingerprint density at radius 1 is 1.16 bits per heavy atom. The van der Waals surface area contributed by atoms with Crippen LogP contribution >= 0.6 is 0 Å². The monoisotopic (exact) mass is 422 g/mol. The summed E-state index contributed by atoms with van der Waals surface area (Å²) in [7, 11) is 0. The zero-order chi connectivity index (χ0) is 22.1. The van der Waals surface area contributed by atoms with Crippen LogP contribution in [0, 0.1) is 5.92 Å². The highest BCUT2D eigenvalue weighted by Gasteiger charge is 2.35. The number of ether oxygens (including phenoxy) is 1. The Labute approximate surface area is 180 Å². The molecule has 1 aromatic carbocycles. The van der Waals surface area contributed by atoms with Gasteiger partial charge in [0.1, 0.15) is 11.9 Å². The highest BCUT2D eigenvalue weighted by Crippen LogP contribution is 2.37. The number of hydrogen-bond donors (Lipinski definition) is 2. The summed E-state index contributed by atoms with van der Waals surface area (Å²) in [6, 6.07) is 7.26. The Morgan fingerprint density at radius 3 is 2.74 bits per heavy atom. The Kier molecular flexibility index (Phi) is 5.63. The van der Waals surface area contributed by atoms with Crippen molar-refractivity contribution in [3.05, 3.63) is 53.3 Å². The van der Waals surface area contributed by atoms with Crippen LogP contribution in [0.2, 0.25) is 0 Å². The SMILES string of the molecule is CC1CCC(c2ccc3c(c2)CC(C)O3)N(C(=O)C(=O)Nc2cncc(C(N)=O)c2)C1. The highest BCUT2D eigenvalue weighted by atomic mass is 16.5. The van der Waals surface area contributed by atoms with Crippen LogP contribution in [-0.2, 0) is 16.0 Å². The molecule has 3 heterocycles. The van der Waals surface area contributed by atoms with Gasteiger partial charge in [-0.05, 0) is 55.0 Å². The second-order valence-electron chi connectivity index (χ2n) is 8.44. The Hall–Kier alpha value is -3.42. The predicted octanol–water partition coefficient (Wildman–Crippen LogP) is 2.44. The summed E-state index contributed by atoms with van der Waals surface area (Å²) in [5.74, 6) is -0.843. The molecule has 31 heavy (non-hydrogen) atoms. The number of hydrogen-bond acceptors (Lipinski definition) is 5. The minimum atomic E-state index is -0.763. The number of carbonyl (C=O) groups is 3. The maximum Gasteiger partial charge on any atom is 0.313 e. The average Bonchev–Trinajstić information content (AvgIpc) is 3.12. The molecule has 2 aromatic rings. The largest absolute Gasteiger partial charge is 0.490 e. The van der Waals surface area contributed by atoms with Gasteiger partial charge in [-0.25, -0.2) is 0 Å². The lowest BCUT2D eigenvalue weighted by Crippen LogP contribution is -2.46. The number of piperidine rings is 1. The molecule has 3 unspecified atom stereocenters. The van der Waals surface area contributed by atoms with Crippen LogP contribution in [-0.4, -0.2) is 40.3 Å². The van der Waals surface area contributed by atoms with Gasteiger partial charge in [0.25, 0.3) is 0 Å². The summed E-state index contributed by atoms with van der Waals surface area (Å²) < 4.78 is 5.79. The third kappa shape index (κ3) is 4.38. The third-order valence-electron chi connectivity index (χ3n) is 5.86. The van der Waals surface area contributed by atoms with Crippen molar-refractivity contribution in [2.75, 3.05) is 11.9 Å². The molecule has 0 saturated carbocycles. The standard InChI is InChI=1S/C23H26N4O4/c1-13-3-5-19(15-4-6-20-16(8-15)7-14(2)31-20)27(12-13)23(30)22(29)26-18-9-17(21(24)28)10-25-11-18/h4,6,8-11,13-14,19H,3,5,7,12H2,1-2H3,(H2,24,28)(H,26,29). The van der Waals surface area contributed by atoms with Crippen molar-refractivity contribution < 1.29 is 19.1 Å². The summed E-state index contributed by atoms with van der Waals surface area (Å²) in [5.41, 5.74) is 7.82. The molecule has 1 fully saturated rings. The second-order valence-corrected chi connectivity index (χ2v) is 8.44. The molecule has 2 aliphatic heterocycles. The highest BCUT2D eigenvalue weighted by molar-refractivity contribution is 6.39. The first-order valence-corrected chi connectivity index (χ1v) is 10.5. The molecule has 3 N–H and O–H groups in total. The lowest BCUT2D eigenvalue weighted by Gasteiger charge is -2.38. The number of nitrogens with two attached hydrogens (primary N) is 1. The predicted molar refractivity (Wildman–Crippen MR) is 114 cm³/mol. The molecule has 1 saturated heterocycles. The Balaban J connectivity index is 1.54. The van der Waals surface area contributed by atoms with E-state index >= 15 is 0 Å². The number of primary amides is 1. The molecule has 0 aliphatic carbocycles. The number of pyridine rings is 1. The van der Waals surface area contributed by atoms with E-state index in [0.29, 0.717) is 12.5 Å². The third-order valence-corrected chi connectivity index (χ3v) is 5.86. The van der Waals surface area contributed by atoms with E-state index in [0.717, 1.165) is 36.1 Å². The molecule has 0 spiro atoms. The van der Waals surface area contributed by atoms with Crippen molar-refractivity contribution in [3.8, 4) is 5.75 Å². The summed E-state index contributed by atoms with van der Waals surface area (Å²) in [6.07, 6.45) is 5.42. The molecule has 162 valence electrons. The first kappa shape index (κ1) is 20.8. The van der Waals surface area contributed by atoms with Crippen molar-refractivity contribution in [2.24, 2.45) is 11.7 Å². The number of carbonyl (C=O) groups excluding carboxylic acids is 3. The zero-order valence-electron chi connectivity index (χ0n) is 17.6. The number of rotatable bonds is 3. The first-order chi connectivity index (χ1) is 14.8. The quantitative estimate of drug-likeness (QED) is 0.738. The van der Waals surface area contributed by atoms with Gasteiger partial charge in [0.05, 0.1) is 23.5 Å². The van der Waals surface area contributed by atoms with Gasteiger partial charge < -0.3 is 20.7 Å². The summed E-state index contributed by atoms with van der Waals surface area (Å²) in [4.78, 5) is 42.7. The smallest absolute Gasteiger partial charge is 0.313 e. The number of fused-ring (bicyclic) bond motifs is 1. The van der Waals surface area contributed by atoms with Crippen molar-refractivity contribution in [1.82, 2.24) is 9.88 Å². The van der Waals surface area contributed by atoms with E-state index in [2.05, 4.69) is 23.3 Å². The average molecular weight is 422 g/mol. The minimum absolute atomic E-state index is 0.143. The van der Waals surface area contributed by atoms with Crippen LogP contribution in [0.15, 0.2) is 36.7 Å². The zero-order valence-corrected chi connectivity index (χ0v) is 17.6. The number of amides is 3. The lowest BCUT2D eigenvalue weighted by atomic mass is 9.89. The normalized spacial score (nSPS) is 22.4. The van der Waals surface area contributed by atoms with Gasteiger partial charge in [0, 0.05) is 19.2 Å². The second kappa shape index (κ2) is 8.37. The fourth-order valence-electron chi connectivity index (χ4n) is 4.33. The van der Waals surface area contributed by atoms with Crippen LogP contribution < -0.4 is 15.8 Å². The molecule has 8 heteroatoms. The van der Waals surface area contributed by atoms with Gasteiger partial charge in [-0.15, -0.1) is 0 Å². The molecule has 1 aromatic heterocycles. The fourth-order valence-corrected chi connectivity index (χ4v) is 4.33. The summed E-state index contributed by atoms with van der Waals surface area (Å²) >= 11 is 0. The van der Waals surface area contributed by atoms with E-state index in [1.54, 1.807) is 4.90 Å². The lowest BCUT2D eigenvalue weighted by molar-refractivity contribution is -0.146. The van der Waals surface area contributed by atoms with E-state index in [-0.39, 0.29) is 23.4 Å². The van der Waals surface area contributed by atoms with Gasteiger partial charge in [0.15, 0.2) is 0 Å². The van der Waals surface area contributed by atoms with Crippen LogP contribution in [0.4, 0.5) is 5.69 Å². The minimum Gasteiger partial charge on any atom is -0.490 e. The number of benzene rings is 1. The first-order valence-electron chi connectivity index (χ1n) is 10.5.